The first-order valence-corrected chi connectivity index (χ1v) is 7.95. The van der Waals surface area contributed by atoms with Gasteiger partial charge in [-0.1, -0.05) is 19.3 Å². The molecule has 3 atom stereocenters. The molecule has 1 aliphatic carbocycles. The zero-order valence-electron chi connectivity index (χ0n) is 12.2. The molecule has 2 aliphatic rings. The fourth-order valence-electron chi connectivity index (χ4n) is 3.41. The van der Waals surface area contributed by atoms with Crippen LogP contribution in [0.3, 0.4) is 0 Å². The second-order valence-corrected chi connectivity index (χ2v) is 6.33. The summed E-state index contributed by atoms with van der Waals surface area (Å²) < 4.78 is 0. The lowest BCUT2D eigenvalue weighted by Gasteiger charge is -2.25. The third-order valence-electron chi connectivity index (χ3n) is 4.53. The monoisotopic (exact) mass is 267 g/mol. The number of hydrogen-bond donors (Lipinski definition) is 2. The van der Waals surface area contributed by atoms with Crippen LogP contribution in [0, 0.1) is 5.92 Å². The molecule has 0 bridgehead atoms. The van der Waals surface area contributed by atoms with Gasteiger partial charge in [-0.2, -0.15) is 0 Å². The summed E-state index contributed by atoms with van der Waals surface area (Å²) in [7, 11) is 0. The summed E-state index contributed by atoms with van der Waals surface area (Å²) in [6, 6.07) is 0.294. The predicted octanol–water partition coefficient (Wildman–Crippen LogP) is 1.49. The summed E-state index contributed by atoms with van der Waals surface area (Å²) in [5.74, 6) is 0.213. The van der Waals surface area contributed by atoms with Gasteiger partial charge in [-0.25, -0.2) is 0 Å². The number of nitrogens with zero attached hydrogens (tertiary/aromatic N) is 1. The Morgan fingerprint density at radius 1 is 1.21 bits per heavy atom. The second-order valence-electron chi connectivity index (χ2n) is 6.33. The molecule has 1 aliphatic heterocycles. The Kier molecular flexibility index (Phi) is 5.64. The van der Waals surface area contributed by atoms with E-state index in [9.17, 15) is 4.79 Å². The van der Waals surface area contributed by atoms with E-state index in [1.54, 1.807) is 0 Å². The minimum absolute atomic E-state index is 0.0310. The zero-order chi connectivity index (χ0) is 13.7. The van der Waals surface area contributed by atoms with Crippen molar-refractivity contribution in [2.45, 2.75) is 64.0 Å². The summed E-state index contributed by atoms with van der Waals surface area (Å²) >= 11 is 0. The van der Waals surface area contributed by atoms with E-state index in [2.05, 4.69) is 17.1 Å². The summed E-state index contributed by atoms with van der Waals surface area (Å²) in [5, 5.41) is 3.17. The van der Waals surface area contributed by atoms with E-state index in [4.69, 9.17) is 5.73 Å². The molecule has 1 saturated heterocycles. The Hall–Kier alpha value is -0.610. The first-order chi connectivity index (χ1) is 9.16. The van der Waals surface area contributed by atoms with Crippen molar-refractivity contribution in [1.29, 1.82) is 0 Å². The number of nitrogens with two attached hydrogens (primary N) is 1. The summed E-state index contributed by atoms with van der Waals surface area (Å²) in [6.07, 6.45) is 8.10. The summed E-state index contributed by atoms with van der Waals surface area (Å²) in [4.78, 5) is 14.8. The Morgan fingerprint density at radius 2 is 1.89 bits per heavy atom. The number of hydrogen-bond acceptors (Lipinski definition) is 3. The minimum Gasteiger partial charge on any atom is -0.352 e. The molecule has 0 aromatic heterocycles. The van der Waals surface area contributed by atoms with Crippen molar-refractivity contribution in [2.24, 2.45) is 11.7 Å². The molecule has 1 heterocycles. The van der Waals surface area contributed by atoms with Crippen molar-refractivity contribution >= 4 is 5.91 Å². The Bertz CT molecular complexity index is 289. The normalized spacial score (nSPS) is 30.8. The topological polar surface area (TPSA) is 58.4 Å². The van der Waals surface area contributed by atoms with Crippen LogP contribution >= 0.6 is 0 Å². The van der Waals surface area contributed by atoms with Crippen molar-refractivity contribution in [3.05, 3.63) is 0 Å². The van der Waals surface area contributed by atoms with Crippen LogP contribution in [-0.4, -0.2) is 42.5 Å². The van der Waals surface area contributed by atoms with Gasteiger partial charge in [0, 0.05) is 18.6 Å². The Balaban J connectivity index is 1.77. The highest BCUT2D eigenvalue weighted by molar-refractivity contribution is 5.79. The smallest absolute Gasteiger partial charge is 0.224 e. The lowest BCUT2D eigenvalue weighted by Crippen LogP contribution is -2.47. The van der Waals surface area contributed by atoms with Gasteiger partial charge in [0.15, 0.2) is 0 Å². The predicted molar refractivity (Wildman–Crippen MR) is 77.8 cm³/mol. The molecule has 4 nitrogen and oxygen atoms in total. The van der Waals surface area contributed by atoms with E-state index in [0.717, 1.165) is 25.8 Å². The average molecular weight is 267 g/mol. The fourth-order valence-corrected chi connectivity index (χ4v) is 3.41. The molecule has 3 N–H and O–H groups in total. The van der Waals surface area contributed by atoms with Crippen LogP contribution < -0.4 is 11.1 Å². The van der Waals surface area contributed by atoms with Crippen molar-refractivity contribution in [3.63, 3.8) is 0 Å². The standard InChI is InChI=1S/C15H29N3O/c1-12(11-18-9-5-6-10-18)17-15(19)13-7-3-2-4-8-14(13)16/h12-14H,2-11,16H2,1H3,(H,17,19). The van der Waals surface area contributed by atoms with Crippen LogP contribution in [-0.2, 0) is 4.79 Å². The van der Waals surface area contributed by atoms with Crippen molar-refractivity contribution < 1.29 is 4.79 Å². The maximum absolute atomic E-state index is 12.3. The molecule has 2 fully saturated rings. The van der Waals surface area contributed by atoms with Crippen LogP contribution in [0.1, 0.15) is 51.9 Å². The molecule has 0 spiro atoms. The van der Waals surface area contributed by atoms with E-state index in [1.807, 2.05) is 0 Å². The lowest BCUT2D eigenvalue weighted by molar-refractivity contribution is -0.126. The van der Waals surface area contributed by atoms with Crippen molar-refractivity contribution in [3.8, 4) is 0 Å². The summed E-state index contributed by atoms with van der Waals surface area (Å²) in [5.41, 5.74) is 6.15. The molecular formula is C15H29N3O. The number of rotatable bonds is 4. The molecule has 19 heavy (non-hydrogen) atoms. The number of nitrogens with one attached hydrogen (secondary N) is 1. The van der Waals surface area contributed by atoms with E-state index in [-0.39, 0.29) is 23.9 Å². The Labute approximate surface area is 117 Å². The summed E-state index contributed by atoms with van der Waals surface area (Å²) in [6.45, 7) is 5.46. The molecule has 1 amide bonds. The maximum Gasteiger partial charge on any atom is 0.224 e. The van der Waals surface area contributed by atoms with Gasteiger partial charge in [-0.3, -0.25) is 4.79 Å². The molecule has 3 unspecified atom stereocenters. The van der Waals surface area contributed by atoms with Crippen LogP contribution in [0.25, 0.3) is 0 Å². The quantitative estimate of drug-likeness (QED) is 0.759. The SMILES string of the molecule is CC(CN1CCCC1)NC(=O)C1CCCCCC1N. The average Bonchev–Trinajstić information content (AvgIpc) is 2.76. The molecule has 4 heteroatoms. The van der Waals surface area contributed by atoms with Gasteiger partial charge in [0.2, 0.25) is 5.91 Å². The molecule has 1 saturated carbocycles. The van der Waals surface area contributed by atoms with Crippen LogP contribution in [0.15, 0.2) is 0 Å². The minimum atomic E-state index is 0.0310. The van der Waals surface area contributed by atoms with Gasteiger partial charge < -0.3 is 16.0 Å². The van der Waals surface area contributed by atoms with E-state index < -0.39 is 0 Å². The highest BCUT2D eigenvalue weighted by atomic mass is 16.2. The van der Waals surface area contributed by atoms with E-state index >= 15 is 0 Å². The number of carbonyl (C=O) groups is 1. The fraction of sp³-hybridized carbons (Fsp3) is 0.933. The second kappa shape index (κ2) is 7.25. The number of likely N-dealkylation sites (tertiary alicyclic amines) is 1. The zero-order valence-corrected chi connectivity index (χ0v) is 12.2. The highest BCUT2D eigenvalue weighted by Crippen LogP contribution is 2.22. The van der Waals surface area contributed by atoms with Crippen LogP contribution in [0.5, 0.6) is 0 Å². The first-order valence-electron chi connectivity index (χ1n) is 7.95. The third kappa shape index (κ3) is 4.46. The van der Waals surface area contributed by atoms with Gasteiger partial charge in [0.25, 0.3) is 0 Å². The van der Waals surface area contributed by atoms with Gasteiger partial charge in [0.05, 0.1) is 5.92 Å². The van der Waals surface area contributed by atoms with E-state index in [1.165, 1.54) is 38.8 Å². The molecule has 0 aromatic carbocycles. The highest BCUT2D eigenvalue weighted by Gasteiger charge is 2.28. The van der Waals surface area contributed by atoms with Gasteiger partial charge in [0.1, 0.15) is 0 Å². The van der Waals surface area contributed by atoms with E-state index in [0.29, 0.717) is 0 Å². The largest absolute Gasteiger partial charge is 0.352 e. The Morgan fingerprint density at radius 3 is 2.63 bits per heavy atom. The van der Waals surface area contributed by atoms with Gasteiger partial charge in [-0.15, -0.1) is 0 Å². The first kappa shape index (κ1) is 14.8. The molecule has 2 rings (SSSR count). The van der Waals surface area contributed by atoms with Crippen molar-refractivity contribution in [2.75, 3.05) is 19.6 Å². The molecule has 0 radical (unpaired) electrons. The maximum atomic E-state index is 12.3. The molecule has 110 valence electrons. The number of amides is 1. The molecular weight excluding hydrogens is 238 g/mol. The van der Waals surface area contributed by atoms with Gasteiger partial charge in [-0.05, 0) is 45.7 Å². The van der Waals surface area contributed by atoms with Gasteiger partial charge >= 0.3 is 0 Å². The van der Waals surface area contributed by atoms with Crippen LogP contribution in [0.2, 0.25) is 0 Å². The lowest BCUT2D eigenvalue weighted by atomic mass is 9.94. The number of carbonyl (C=O) groups excluding carboxylic acids is 1. The van der Waals surface area contributed by atoms with Crippen molar-refractivity contribution in [1.82, 2.24) is 10.2 Å². The third-order valence-corrected chi connectivity index (χ3v) is 4.53. The van der Waals surface area contributed by atoms with Crippen LogP contribution in [0.4, 0.5) is 0 Å². The molecule has 0 aromatic rings.